The Morgan fingerprint density at radius 2 is 2.15 bits per heavy atom. The van der Waals surface area contributed by atoms with Crippen LogP contribution in [0.5, 0.6) is 0 Å². The van der Waals surface area contributed by atoms with Gasteiger partial charge in [-0.25, -0.2) is 14.8 Å². The standard InChI is InChI=1S/C23H26N8O3/c1-29-7-8-31(22(33)13-29)12-15-3-6-21(27-19(15)14-32)30(2)23(34)28-20-9-18(26-17-4-5-17)16(10-24)11-25-20/h3,6,9,11,14,17H,4-5,7-8,12-13H2,1-2H3,(H2,25,26,28,34). The van der Waals surface area contributed by atoms with Crippen molar-refractivity contribution in [3.63, 3.8) is 0 Å². The van der Waals surface area contributed by atoms with E-state index in [-0.39, 0.29) is 24.0 Å². The van der Waals surface area contributed by atoms with Crippen molar-refractivity contribution >= 4 is 35.5 Å². The van der Waals surface area contributed by atoms with Crippen LogP contribution in [0.4, 0.5) is 22.1 Å². The summed E-state index contributed by atoms with van der Waals surface area (Å²) in [5, 5.41) is 15.2. The highest BCUT2D eigenvalue weighted by atomic mass is 16.2. The molecule has 34 heavy (non-hydrogen) atoms. The summed E-state index contributed by atoms with van der Waals surface area (Å²) in [5.74, 6) is 0.564. The Morgan fingerprint density at radius 1 is 1.35 bits per heavy atom. The maximum absolute atomic E-state index is 12.8. The first-order valence-electron chi connectivity index (χ1n) is 11.0. The number of urea groups is 1. The van der Waals surface area contributed by atoms with E-state index in [9.17, 15) is 19.6 Å². The molecule has 1 saturated heterocycles. The first-order valence-corrected chi connectivity index (χ1v) is 11.0. The third-order valence-corrected chi connectivity index (χ3v) is 5.82. The number of aromatic nitrogens is 2. The third kappa shape index (κ3) is 5.29. The largest absolute Gasteiger partial charge is 0.381 e. The van der Waals surface area contributed by atoms with Gasteiger partial charge in [0, 0.05) is 50.6 Å². The van der Waals surface area contributed by atoms with E-state index in [2.05, 4.69) is 26.7 Å². The first kappa shape index (κ1) is 23.1. The lowest BCUT2D eigenvalue weighted by molar-refractivity contribution is -0.136. The normalized spacial score (nSPS) is 16.0. The lowest BCUT2D eigenvalue weighted by Crippen LogP contribution is -2.48. The van der Waals surface area contributed by atoms with Crippen LogP contribution in [-0.4, -0.2) is 77.8 Å². The summed E-state index contributed by atoms with van der Waals surface area (Å²) in [7, 11) is 3.42. The van der Waals surface area contributed by atoms with Gasteiger partial charge in [-0.1, -0.05) is 6.07 Å². The van der Waals surface area contributed by atoms with Crippen LogP contribution in [0.1, 0.15) is 34.5 Å². The first-order chi connectivity index (χ1) is 16.4. The highest BCUT2D eigenvalue weighted by Gasteiger charge is 2.24. The van der Waals surface area contributed by atoms with E-state index in [1.165, 1.54) is 18.1 Å². The molecule has 2 fully saturated rings. The van der Waals surface area contributed by atoms with Gasteiger partial charge in [-0.15, -0.1) is 0 Å². The summed E-state index contributed by atoms with van der Waals surface area (Å²) in [6.07, 6.45) is 4.13. The van der Waals surface area contributed by atoms with E-state index in [1.54, 1.807) is 23.1 Å². The minimum absolute atomic E-state index is 0.00312. The fourth-order valence-electron chi connectivity index (χ4n) is 3.59. The number of hydrogen-bond donors (Lipinski definition) is 2. The second kappa shape index (κ2) is 9.84. The van der Waals surface area contributed by atoms with Crippen molar-refractivity contribution < 1.29 is 14.4 Å². The number of carbonyl (C=O) groups is 3. The number of piperazine rings is 1. The Labute approximate surface area is 197 Å². The lowest BCUT2D eigenvalue weighted by atomic mass is 10.1. The van der Waals surface area contributed by atoms with Crippen LogP contribution in [0.3, 0.4) is 0 Å². The monoisotopic (exact) mass is 462 g/mol. The van der Waals surface area contributed by atoms with Crippen molar-refractivity contribution in [3.05, 3.63) is 41.2 Å². The molecule has 2 aliphatic rings. The maximum atomic E-state index is 12.8. The SMILES string of the molecule is CN1CCN(Cc2ccc(N(C)C(=O)Nc3cc(NC4CC4)c(C#N)cn3)nc2C=O)C(=O)C1. The molecule has 0 atom stereocenters. The maximum Gasteiger partial charge on any atom is 0.328 e. The average molecular weight is 463 g/mol. The summed E-state index contributed by atoms with van der Waals surface area (Å²) in [6.45, 7) is 1.96. The van der Waals surface area contributed by atoms with E-state index < -0.39 is 6.03 Å². The second-order valence-corrected chi connectivity index (χ2v) is 8.52. The van der Waals surface area contributed by atoms with Gasteiger partial charge in [0.05, 0.1) is 17.8 Å². The molecule has 11 nitrogen and oxygen atoms in total. The van der Waals surface area contributed by atoms with Crippen molar-refractivity contribution in [1.29, 1.82) is 5.26 Å². The van der Waals surface area contributed by atoms with Crippen molar-refractivity contribution in [3.8, 4) is 6.07 Å². The lowest BCUT2D eigenvalue weighted by Gasteiger charge is -2.32. The van der Waals surface area contributed by atoms with Crippen LogP contribution >= 0.6 is 0 Å². The van der Waals surface area contributed by atoms with Gasteiger partial charge in [0.15, 0.2) is 6.29 Å². The number of hydrogen-bond acceptors (Lipinski definition) is 8. The van der Waals surface area contributed by atoms with Gasteiger partial charge < -0.3 is 10.2 Å². The summed E-state index contributed by atoms with van der Waals surface area (Å²) < 4.78 is 0. The number of anilines is 3. The molecule has 2 aromatic rings. The minimum Gasteiger partial charge on any atom is -0.381 e. The Morgan fingerprint density at radius 3 is 2.82 bits per heavy atom. The molecule has 0 bridgehead atoms. The summed E-state index contributed by atoms with van der Waals surface area (Å²) in [6, 6.07) is 6.90. The molecule has 0 radical (unpaired) electrons. The third-order valence-electron chi connectivity index (χ3n) is 5.82. The topological polar surface area (TPSA) is 135 Å². The van der Waals surface area contributed by atoms with Gasteiger partial charge in [-0.2, -0.15) is 5.26 Å². The van der Waals surface area contributed by atoms with Gasteiger partial charge in [0.1, 0.15) is 23.4 Å². The number of rotatable bonds is 7. The zero-order valence-electron chi connectivity index (χ0n) is 19.1. The molecular weight excluding hydrogens is 436 g/mol. The number of nitrogens with one attached hydrogen (secondary N) is 2. The fraction of sp³-hybridized carbons (Fsp3) is 0.391. The summed E-state index contributed by atoms with van der Waals surface area (Å²) in [5.41, 5.74) is 1.83. The van der Waals surface area contributed by atoms with Crippen LogP contribution in [0, 0.1) is 11.3 Å². The highest BCUT2D eigenvalue weighted by Crippen LogP contribution is 2.28. The Bertz CT molecular complexity index is 1160. The number of nitrogens with zero attached hydrogens (tertiary/aromatic N) is 6. The van der Waals surface area contributed by atoms with Gasteiger partial charge in [-0.05, 0) is 26.0 Å². The predicted molar refractivity (Wildman–Crippen MR) is 126 cm³/mol. The molecule has 1 aliphatic carbocycles. The Hall–Kier alpha value is -4.04. The van der Waals surface area contributed by atoms with E-state index in [1.807, 2.05) is 11.9 Å². The van der Waals surface area contributed by atoms with E-state index in [4.69, 9.17) is 0 Å². The van der Waals surface area contributed by atoms with Crippen LogP contribution in [0.2, 0.25) is 0 Å². The molecule has 1 aliphatic heterocycles. The van der Waals surface area contributed by atoms with Gasteiger partial charge in [0.25, 0.3) is 0 Å². The zero-order valence-corrected chi connectivity index (χ0v) is 19.1. The number of nitriles is 1. The molecule has 0 spiro atoms. The van der Waals surface area contributed by atoms with Gasteiger partial charge in [0.2, 0.25) is 5.91 Å². The number of pyridine rings is 2. The van der Waals surface area contributed by atoms with E-state index in [0.29, 0.717) is 48.0 Å². The average Bonchev–Trinajstić information content (AvgIpc) is 3.64. The van der Waals surface area contributed by atoms with Crippen molar-refractivity contribution in [2.24, 2.45) is 0 Å². The van der Waals surface area contributed by atoms with E-state index >= 15 is 0 Å². The summed E-state index contributed by atoms with van der Waals surface area (Å²) in [4.78, 5) is 50.1. The Kier molecular flexibility index (Phi) is 6.70. The molecule has 4 rings (SSSR count). The molecule has 2 aromatic heterocycles. The van der Waals surface area contributed by atoms with Crippen LogP contribution in [-0.2, 0) is 11.3 Å². The summed E-state index contributed by atoms with van der Waals surface area (Å²) >= 11 is 0. The van der Waals surface area contributed by atoms with Crippen molar-refractivity contribution in [2.45, 2.75) is 25.4 Å². The van der Waals surface area contributed by atoms with Gasteiger partial charge in [-0.3, -0.25) is 24.7 Å². The fourth-order valence-corrected chi connectivity index (χ4v) is 3.59. The molecule has 0 unspecified atom stereocenters. The number of carbonyl (C=O) groups excluding carboxylic acids is 3. The molecule has 3 amide bonds. The number of aldehydes is 1. The molecule has 1 saturated carbocycles. The van der Waals surface area contributed by atoms with Gasteiger partial charge >= 0.3 is 6.03 Å². The minimum atomic E-state index is -0.499. The second-order valence-electron chi connectivity index (χ2n) is 8.52. The molecule has 3 heterocycles. The van der Waals surface area contributed by atoms with Crippen LogP contribution < -0.4 is 15.5 Å². The van der Waals surface area contributed by atoms with Crippen LogP contribution in [0.15, 0.2) is 24.4 Å². The molecule has 176 valence electrons. The molecule has 11 heteroatoms. The van der Waals surface area contributed by atoms with E-state index in [0.717, 1.165) is 19.4 Å². The quantitative estimate of drug-likeness (QED) is 0.594. The predicted octanol–water partition coefficient (Wildman–Crippen LogP) is 1.68. The molecule has 2 N–H and O–H groups in total. The number of amides is 3. The zero-order chi connectivity index (χ0) is 24.2. The van der Waals surface area contributed by atoms with Crippen LogP contribution in [0.25, 0.3) is 0 Å². The smallest absolute Gasteiger partial charge is 0.328 e. The van der Waals surface area contributed by atoms with Crippen molar-refractivity contribution in [2.75, 3.05) is 49.3 Å². The molecular formula is C23H26N8O3. The molecule has 0 aromatic carbocycles. The van der Waals surface area contributed by atoms with Crippen molar-refractivity contribution in [1.82, 2.24) is 19.8 Å². The Balaban J connectivity index is 1.45. The highest BCUT2D eigenvalue weighted by molar-refractivity contribution is 6.00. The number of likely N-dealkylation sites (N-methyl/N-ethyl adjacent to an activating group) is 1.